The van der Waals surface area contributed by atoms with E-state index in [1.807, 2.05) is 11.3 Å². The average Bonchev–Trinajstić information content (AvgIpc) is 3.13. The molecule has 25 heavy (non-hydrogen) atoms. The third-order valence-corrected chi connectivity index (χ3v) is 6.60. The van der Waals surface area contributed by atoms with E-state index in [1.54, 1.807) is 0 Å². The van der Waals surface area contributed by atoms with E-state index in [1.165, 1.54) is 29.8 Å². The quantitative estimate of drug-likeness (QED) is 0.759. The third-order valence-electron chi connectivity index (χ3n) is 5.52. The van der Waals surface area contributed by atoms with Crippen molar-refractivity contribution in [3.05, 3.63) is 58.3 Å². The number of rotatable bonds is 7. The van der Waals surface area contributed by atoms with Crippen molar-refractivity contribution in [3.8, 4) is 0 Å². The fraction of sp³-hybridized carbons (Fsp3) is 0.545. The summed E-state index contributed by atoms with van der Waals surface area (Å²) in [6.45, 7) is 8.88. The highest BCUT2D eigenvalue weighted by Gasteiger charge is 2.34. The molecule has 2 N–H and O–H groups in total. The summed E-state index contributed by atoms with van der Waals surface area (Å²) in [5.74, 6) is 1.35. The molecule has 0 bridgehead atoms. The molecule has 0 amide bonds. The highest BCUT2D eigenvalue weighted by atomic mass is 32.1. The van der Waals surface area contributed by atoms with Crippen molar-refractivity contribution >= 4 is 11.3 Å². The second kappa shape index (κ2) is 8.48. The Balaban J connectivity index is 1.65. The molecule has 1 aromatic carbocycles. The SMILES string of the molecule is C[C@@H]([NH2+]CC[C@@H](c1ccccc1)[C@@H]1CCOC(C)(C)C1)c1cccs1. The Kier molecular flexibility index (Phi) is 6.32. The molecule has 2 aromatic rings. The van der Waals surface area contributed by atoms with E-state index in [0.717, 1.165) is 18.9 Å². The Hall–Kier alpha value is -1.16. The van der Waals surface area contributed by atoms with Crippen LogP contribution in [0.25, 0.3) is 0 Å². The summed E-state index contributed by atoms with van der Waals surface area (Å²) in [4.78, 5) is 1.48. The molecular weight excluding hydrogens is 326 g/mol. The molecule has 0 spiro atoms. The average molecular weight is 359 g/mol. The number of quaternary nitrogens is 1. The molecule has 0 saturated carbocycles. The fourth-order valence-corrected chi connectivity index (χ4v) is 4.97. The number of hydrogen-bond donors (Lipinski definition) is 1. The minimum atomic E-state index is 0.0178. The van der Waals surface area contributed by atoms with Gasteiger partial charge in [-0.2, -0.15) is 0 Å². The Morgan fingerprint density at radius 1 is 1.20 bits per heavy atom. The standard InChI is InChI=1S/C22H31NOS/c1-17(21-10-7-15-25-21)23-13-11-20(18-8-5-4-6-9-18)19-12-14-24-22(2,3)16-19/h4-10,15,17,19-20,23H,11-14,16H2,1-3H3/p+1/t17-,19-,20+/m1/s1. The number of benzene rings is 1. The van der Waals surface area contributed by atoms with Gasteiger partial charge in [0, 0.05) is 13.0 Å². The van der Waals surface area contributed by atoms with E-state index in [4.69, 9.17) is 4.74 Å². The van der Waals surface area contributed by atoms with E-state index in [-0.39, 0.29) is 5.60 Å². The second-order valence-electron chi connectivity index (χ2n) is 8.00. The van der Waals surface area contributed by atoms with Gasteiger partial charge in [-0.25, -0.2) is 0 Å². The summed E-state index contributed by atoms with van der Waals surface area (Å²) < 4.78 is 5.97. The minimum Gasteiger partial charge on any atom is -0.376 e. The van der Waals surface area contributed by atoms with Crippen LogP contribution >= 0.6 is 11.3 Å². The van der Waals surface area contributed by atoms with Crippen LogP contribution < -0.4 is 5.32 Å². The second-order valence-corrected chi connectivity index (χ2v) is 8.97. The van der Waals surface area contributed by atoms with E-state index in [9.17, 15) is 0 Å². The minimum absolute atomic E-state index is 0.0178. The van der Waals surface area contributed by atoms with Crippen molar-refractivity contribution in [1.82, 2.24) is 0 Å². The van der Waals surface area contributed by atoms with Gasteiger partial charge in [-0.15, -0.1) is 11.3 Å². The Morgan fingerprint density at radius 3 is 2.68 bits per heavy atom. The molecule has 0 radical (unpaired) electrons. The molecule has 2 heterocycles. The molecule has 136 valence electrons. The smallest absolute Gasteiger partial charge is 0.118 e. The van der Waals surface area contributed by atoms with Crippen LogP contribution in [-0.4, -0.2) is 18.8 Å². The number of hydrogen-bond acceptors (Lipinski definition) is 2. The molecule has 0 unspecified atom stereocenters. The van der Waals surface area contributed by atoms with E-state index < -0.39 is 0 Å². The first-order valence-electron chi connectivity index (χ1n) is 9.61. The topological polar surface area (TPSA) is 25.8 Å². The van der Waals surface area contributed by atoms with E-state index in [2.05, 4.69) is 73.9 Å². The normalized spacial score (nSPS) is 22.4. The maximum absolute atomic E-state index is 5.97. The molecular formula is C22H32NOS+. The fourth-order valence-electron chi connectivity index (χ4n) is 4.19. The maximum Gasteiger partial charge on any atom is 0.118 e. The molecule has 3 rings (SSSR count). The van der Waals surface area contributed by atoms with Crippen LogP contribution in [0, 0.1) is 5.92 Å². The molecule has 1 fully saturated rings. The Morgan fingerprint density at radius 2 is 2.00 bits per heavy atom. The van der Waals surface area contributed by atoms with Gasteiger partial charge in [-0.1, -0.05) is 36.4 Å². The van der Waals surface area contributed by atoms with Crippen molar-refractivity contribution in [2.45, 2.75) is 57.6 Å². The van der Waals surface area contributed by atoms with E-state index in [0.29, 0.717) is 12.0 Å². The summed E-state index contributed by atoms with van der Waals surface area (Å²) in [6, 6.07) is 16.1. The number of ether oxygens (including phenoxy) is 1. The number of thiophene rings is 1. The van der Waals surface area contributed by atoms with E-state index >= 15 is 0 Å². The van der Waals surface area contributed by atoms with Gasteiger partial charge in [-0.05, 0) is 62.5 Å². The first-order valence-corrected chi connectivity index (χ1v) is 10.5. The molecule has 1 saturated heterocycles. The van der Waals surface area contributed by atoms with Crippen LogP contribution in [0.2, 0.25) is 0 Å². The summed E-state index contributed by atoms with van der Waals surface area (Å²) in [6.07, 6.45) is 3.58. The highest BCUT2D eigenvalue weighted by Crippen LogP contribution is 2.39. The molecule has 1 aliphatic rings. The Labute approximate surface area is 156 Å². The Bertz CT molecular complexity index is 623. The first-order chi connectivity index (χ1) is 12.1. The molecule has 3 heteroatoms. The lowest BCUT2D eigenvalue weighted by atomic mass is 9.75. The first kappa shape index (κ1) is 18.6. The molecule has 1 aromatic heterocycles. The molecule has 1 aliphatic heterocycles. The van der Waals surface area contributed by atoms with Gasteiger partial charge in [0.05, 0.1) is 17.0 Å². The molecule has 3 atom stereocenters. The van der Waals surface area contributed by atoms with Crippen molar-refractivity contribution in [1.29, 1.82) is 0 Å². The lowest BCUT2D eigenvalue weighted by Crippen LogP contribution is -2.84. The van der Waals surface area contributed by atoms with Crippen molar-refractivity contribution in [2.24, 2.45) is 5.92 Å². The zero-order chi connectivity index (χ0) is 17.7. The number of nitrogens with two attached hydrogens (primary N) is 1. The molecule has 2 nitrogen and oxygen atoms in total. The van der Waals surface area contributed by atoms with Gasteiger partial charge in [0.2, 0.25) is 0 Å². The summed E-state index contributed by atoms with van der Waals surface area (Å²) in [5.41, 5.74) is 1.52. The van der Waals surface area contributed by atoms with Crippen molar-refractivity contribution < 1.29 is 10.1 Å². The van der Waals surface area contributed by atoms with Crippen molar-refractivity contribution in [3.63, 3.8) is 0 Å². The highest BCUT2D eigenvalue weighted by molar-refractivity contribution is 7.10. The van der Waals surface area contributed by atoms with Gasteiger partial charge in [0.1, 0.15) is 6.04 Å². The lowest BCUT2D eigenvalue weighted by Gasteiger charge is -2.39. The summed E-state index contributed by atoms with van der Waals surface area (Å²) in [5, 5.41) is 4.68. The summed E-state index contributed by atoms with van der Waals surface area (Å²) in [7, 11) is 0. The largest absolute Gasteiger partial charge is 0.376 e. The van der Waals surface area contributed by atoms with Gasteiger partial charge in [-0.3, -0.25) is 0 Å². The zero-order valence-electron chi connectivity index (χ0n) is 15.8. The van der Waals surface area contributed by atoms with Crippen LogP contribution in [0.1, 0.15) is 62.4 Å². The lowest BCUT2D eigenvalue weighted by molar-refractivity contribution is -0.692. The van der Waals surface area contributed by atoms with Crippen LogP contribution in [-0.2, 0) is 4.74 Å². The monoisotopic (exact) mass is 358 g/mol. The third kappa shape index (κ3) is 5.16. The van der Waals surface area contributed by atoms with Crippen LogP contribution in [0.15, 0.2) is 47.8 Å². The zero-order valence-corrected chi connectivity index (χ0v) is 16.6. The van der Waals surface area contributed by atoms with Crippen LogP contribution in [0.3, 0.4) is 0 Å². The van der Waals surface area contributed by atoms with Crippen molar-refractivity contribution in [2.75, 3.05) is 13.2 Å². The summed E-state index contributed by atoms with van der Waals surface area (Å²) >= 11 is 1.87. The predicted molar refractivity (Wildman–Crippen MR) is 106 cm³/mol. The predicted octanol–water partition coefficient (Wildman–Crippen LogP) is 4.75. The maximum atomic E-state index is 5.97. The van der Waals surface area contributed by atoms with Gasteiger partial charge < -0.3 is 10.1 Å². The van der Waals surface area contributed by atoms with Crippen LogP contribution in [0.4, 0.5) is 0 Å². The van der Waals surface area contributed by atoms with Gasteiger partial charge in [0.25, 0.3) is 0 Å². The molecule has 0 aliphatic carbocycles. The van der Waals surface area contributed by atoms with Gasteiger partial charge in [0.15, 0.2) is 0 Å². The van der Waals surface area contributed by atoms with Gasteiger partial charge >= 0.3 is 0 Å². The van der Waals surface area contributed by atoms with Crippen LogP contribution in [0.5, 0.6) is 0 Å².